The van der Waals surface area contributed by atoms with Crippen LogP contribution in [0.1, 0.15) is 40.4 Å². The lowest BCUT2D eigenvalue weighted by atomic mass is 9.89. The summed E-state index contributed by atoms with van der Waals surface area (Å²) >= 11 is 6.57. The Morgan fingerprint density at radius 3 is 2.61 bits per heavy atom. The summed E-state index contributed by atoms with van der Waals surface area (Å²) in [5.74, 6) is 0.726. The van der Waals surface area contributed by atoms with Crippen molar-refractivity contribution in [1.82, 2.24) is 19.7 Å². The van der Waals surface area contributed by atoms with Crippen molar-refractivity contribution >= 4 is 28.4 Å². The summed E-state index contributed by atoms with van der Waals surface area (Å²) < 4.78 is 20.2. The molecule has 2 aromatic carbocycles. The number of nitrogens with one attached hydrogen (secondary N) is 1. The first-order valence-electron chi connectivity index (χ1n) is 10.9. The highest BCUT2D eigenvalue weighted by Crippen LogP contribution is 2.35. The first-order valence-corrected chi connectivity index (χ1v) is 11.3. The number of benzene rings is 2. The summed E-state index contributed by atoms with van der Waals surface area (Å²) in [5, 5.41) is 5.84. The number of nitrogens with zero attached hydrogens (tertiary/aromatic N) is 3. The molecule has 0 atom stereocenters. The van der Waals surface area contributed by atoms with Gasteiger partial charge >= 0.3 is 0 Å². The van der Waals surface area contributed by atoms with Crippen molar-refractivity contribution in [3.8, 4) is 11.4 Å². The van der Waals surface area contributed by atoms with Gasteiger partial charge in [0.15, 0.2) is 0 Å². The number of hydrogen-bond donors (Lipinski definition) is 1. The van der Waals surface area contributed by atoms with Crippen LogP contribution in [0.4, 0.5) is 4.39 Å². The molecule has 1 aliphatic rings. The largest absolute Gasteiger partial charge is 0.497 e. The lowest BCUT2D eigenvalue weighted by Crippen LogP contribution is -2.38. The van der Waals surface area contributed by atoms with Gasteiger partial charge in [0.2, 0.25) is 0 Å². The number of carbonyl (C=O) groups excluding carboxylic acids is 1. The Hall–Kier alpha value is -3.32. The molecule has 0 radical (unpaired) electrons. The summed E-state index contributed by atoms with van der Waals surface area (Å²) in [6.07, 6.45) is 3.79. The third kappa shape index (κ3) is 3.86. The number of methoxy groups -OCH3 is 1. The summed E-state index contributed by atoms with van der Waals surface area (Å²) in [5.41, 5.74) is 3.91. The van der Waals surface area contributed by atoms with Crippen molar-refractivity contribution in [3.63, 3.8) is 0 Å². The Morgan fingerprint density at radius 2 is 1.91 bits per heavy atom. The average molecular weight is 467 g/mol. The topological polar surface area (TPSA) is 63.1 Å². The van der Waals surface area contributed by atoms with E-state index in [2.05, 4.69) is 22.3 Å². The van der Waals surface area contributed by atoms with E-state index in [1.165, 1.54) is 27.8 Å². The molecule has 1 saturated heterocycles. The SMILES string of the molecule is COc1ccc2[nH]cc(C3CCN(C(=O)c4c(C)nn(-c5ccc(F)cc5)c4Cl)CC3)c2c1. The van der Waals surface area contributed by atoms with Crippen LogP contribution < -0.4 is 4.74 Å². The standard InChI is InChI=1S/C25H24ClFN4O2/c1-15-23(24(26)31(29-15)18-5-3-17(27)4-6-18)25(32)30-11-9-16(10-12-30)21-14-28-22-8-7-19(33-2)13-20(21)22/h3-8,13-14,16,28H,9-12H2,1-2H3. The van der Waals surface area contributed by atoms with E-state index in [9.17, 15) is 9.18 Å². The van der Waals surface area contributed by atoms with E-state index in [-0.39, 0.29) is 16.9 Å². The molecule has 4 aromatic rings. The van der Waals surface area contributed by atoms with Crippen LogP contribution in [0.2, 0.25) is 5.15 Å². The van der Waals surface area contributed by atoms with E-state index >= 15 is 0 Å². The molecule has 1 N–H and O–H groups in total. The van der Waals surface area contributed by atoms with Gasteiger partial charge in [-0.1, -0.05) is 11.6 Å². The molecule has 1 amide bonds. The zero-order valence-electron chi connectivity index (χ0n) is 18.4. The maximum Gasteiger partial charge on any atom is 0.258 e. The molecule has 0 aliphatic carbocycles. The van der Waals surface area contributed by atoms with Crippen LogP contribution in [0.3, 0.4) is 0 Å². The summed E-state index contributed by atoms with van der Waals surface area (Å²) in [6, 6.07) is 11.9. The van der Waals surface area contributed by atoms with E-state index in [1.807, 2.05) is 17.0 Å². The number of aromatic nitrogens is 3. The molecule has 1 aliphatic heterocycles. The molecular weight excluding hydrogens is 443 g/mol. The molecule has 1 fully saturated rings. The van der Waals surface area contributed by atoms with Gasteiger partial charge in [-0.3, -0.25) is 4.79 Å². The van der Waals surface area contributed by atoms with Crippen LogP contribution in [-0.2, 0) is 0 Å². The minimum absolute atomic E-state index is 0.120. The van der Waals surface area contributed by atoms with Gasteiger partial charge < -0.3 is 14.6 Å². The fourth-order valence-corrected chi connectivity index (χ4v) is 4.99. The van der Waals surface area contributed by atoms with Crippen molar-refractivity contribution in [2.24, 2.45) is 0 Å². The second-order valence-corrected chi connectivity index (χ2v) is 8.72. The first kappa shape index (κ1) is 21.5. The number of rotatable bonds is 4. The zero-order chi connectivity index (χ0) is 23.1. The molecule has 6 nitrogen and oxygen atoms in total. The number of ether oxygens (including phenoxy) is 1. The molecule has 0 bridgehead atoms. The Balaban J connectivity index is 1.34. The Labute approximate surface area is 195 Å². The van der Waals surface area contributed by atoms with Gasteiger partial charge in [0, 0.05) is 30.2 Å². The molecule has 2 aromatic heterocycles. The Kier molecular flexibility index (Phi) is 5.58. The van der Waals surface area contributed by atoms with E-state index < -0.39 is 0 Å². The van der Waals surface area contributed by atoms with Crippen molar-refractivity contribution in [1.29, 1.82) is 0 Å². The van der Waals surface area contributed by atoms with Crippen LogP contribution in [0, 0.1) is 12.7 Å². The van der Waals surface area contributed by atoms with E-state index in [4.69, 9.17) is 16.3 Å². The van der Waals surface area contributed by atoms with Crippen molar-refractivity contribution < 1.29 is 13.9 Å². The number of hydrogen-bond acceptors (Lipinski definition) is 3. The van der Waals surface area contributed by atoms with Crippen molar-refractivity contribution in [2.45, 2.75) is 25.7 Å². The molecule has 0 spiro atoms. The maximum absolute atomic E-state index is 13.3. The average Bonchev–Trinajstić information content (AvgIpc) is 3.39. The normalized spacial score (nSPS) is 14.7. The third-order valence-electron chi connectivity index (χ3n) is 6.43. The molecule has 5 rings (SSSR count). The highest BCUT2D eigenvalue weighted by atomic mass is 35.5. The molecule has 0 unspecified atom stereocenters. The third-order valence-corrected chi connectivity index (χ3v) is 6.78. The van der Waals surface area contributed by atoms with Gasteiger partial charge in [-0.05, 0) is 73.7 Å². The second kappa shape index (κ2) is 8.56. The van der Waals surface area contributed by atoms with Crippen LogP contribution >= 0.6 is 11.6 Å². The molecular formula is C25H24ClFN4O2. The number of halogens is 2. The molecule has 3 heterocycles. The van der Waals surface area contributed by atoms with Gasteiger partial charge in [-0.15, -0.1) is 0 Å². The number of aromatic amines is 1. The summed E-state index contributed by atoms with van der Waals surface area (Å²) in [6.45, 7) is 3.04. The number of fused-ring (bicyclic) bond motifs is 1. The van der Waals surface area contributed by atoms with Crippen LogP contribution in [0.15, 0.2) is 48.7 Å². The summed E-state index contributed by atoms with van der Waals surface area (Å²) in [4.78, 5) is 18.5. The fourth-order valence-electron chi connectivity index (χ4n) is 4.63. The Bertz CT molecular complexity index is 1320. The smallest absolute Gasteiger partial charge is 0.258 e. The highest BCUT2D eigenvalue weighted by molar-refractivity contribution is 6.33. The van der Waals surface area contributed by atoms with E-state index in [0.717, 1.165) is 24.1 Å². The van der Waals surface area contributed by atoms with Crippen LogP contribution in [-0.4, -0.2) is 45.8 Å². The van der Waals surface area contributed by atoms with Crippen molar-refractivity contribution in [3.05, 3.63) is 76.5 Å². The first-order chi connectivity index (χ1) is 16.0. The van der Waals surface area contributed by atoms with Gasteiger partial charge in [-0.2, -0.15) is 5.10 Å². The second-order valence-electron chi connectivity index (χ2n) is 8.36. The fraction of sp³-hybridized carbons (Fsp3) is 0.280. The summed E-state index contributed by atoms with van der Waals surface area (Å²) in [7, 11) is 1.67. The molecule has 0 saturated carbocycles. The number of amides is 1. The number of carbonyl (C=O) groups is 1. The number of H-pyrrole nitrogens is 1. The predicted molar refractivity (Wildman–Crippen MR) is 126 cm³/mol. The minimum Gasteiger partial charge on any atom is -0.497 e. The van der Waals surface area contributed by atoms with Gasteiger partial charge in [0.1, 0.15) is 16.7 Å². The van der Waals surface area contributed by atoms with Crippen molar-refractivity contribution in [2.75, 3.05) is 20.2 Å². The Morgan fingerprint density at radius 1 is 1.18 bits per heavy atom. The molecule has 33 heavy (non-hydrogen) atoms. The van der Waals surface area contributed by atoms with E-state index in [0.29, 0.717) is 36.0 Å². The predicted octanol–water partition coefficient (Wildman–Crippen LogP) is 5.48. The monoisotopic (exact) mass is 466 g/mol. The van der Waals surface area contributed by atoms with Gasteiger partial charge in [0.25, 0.3) is 5.91 Å². The van der Waals surface area contributed by atoms with Crippen LogP contribution in [0.5, 0.6) is 5.75 Å². The quantitative estimate of drug-likeness (QED) is 0.433. The number of piperidine rings is 1. The zero-order valence-corrected chi connectivity index (χ0v) is 19.2. The highest BCUT2D eigenvalue weighted by Gasteiger charge is 2.30. The van der Waals surface area contributed by atoms with Crippen LogP contribution in [0.25, 0.3) is 16.6 Å². The minimum atomic E-state index is -0.341. The number of aryl methyl sites for hydroxylation is 1. The number of likely N-dealkylation sites (tertiary alicyclic amines) is 1. The van der Waals surface area contributed by atoms with E-state index in [1.54, 1.807) is 26.2 Å². The lowest BCUT2D eigenvalue weighted by molar-refractivity contribution is 0.0713. The van der Waals surface area contributed by atoms with Gasteiger partial charge in [0.05, 0.1) is 24.1 Å². The molecule has 8 heteroatoms. The van der Waals surface area contributed by atoms with Gasteiger partial charge in [-0.25, -0.2) is 9.07 Å². The lowest BCUT2D eigenvalue weighted by Gasteiger charge is -2.32. The maximum atomic E-state index is 13.3. The molecule has 170 valence electrons.